The van der Waals surface area contributed by atoms with Crippen LogP contribution in [0.1, 0.15) is 51.0 Å². The molecule has 1 N–H and O–H groups in total. The van der Waals surface area contributed by atoms with E-state index < -0.39 is 5.54 Å². The highest BCUT2D eigenvalue weighted by Gasteiger charge is 2.47. The minimum atomic E-state index is -0.716. The lowest BCUT2D eigenvalue weighted by Gasteiger charge is -2.35. The number of nitrogens with one attached hydrogen (secondary N) is 1. The molecule has 1 atom stereocenters. The van der Waals surface area contributed by atoms with Crippen LogP contribution >= 0.6 is 11.6 Å². The van der Waals surface area contributed by atoms with E-state index in [0.29, 0.717) is 24.4 Å². The largest absolute Gasteiger partial charge is 0.351 e. The summed E-state index contributed by atoms with van der Waals surface area (Å²) in [5, 5.41) is 3.87. The molecule has 4 nitrogen and oxygen atoms in total. The number of hydrogen-bond donors (Lipinski definition) is 1. The Bertz CT molecular complexity index is 610. The highest BCUT2D eigenvalue weighted by Crippen LogP contribution is 2.31. The summed E-state index contributed by atoms with van der Waals surface area (Å²) < 4.78 is 0. The van der Waals surface area contributed by atoms with Crippen molar-refractivity contribution in [1.82, 2.24) is 10.2 Å². The molecule has 1 saturated heterocycles. The Balaban J connectivity index is 1.65. The van der Waals surface area contributed by atoms with Crippen LogP contribution in [-0.4, -0.2) is 34.8 Å². The Kier molecular flexibility index (Phi) is 5.14. The fourth-order valence-electron chi connectivity index (χ4n) is 3.81. The number of carbonyl (C=O) groups excluding carboxylic acids is 2. The molecule has 0 spiro atoms. The van der Waals surface area contributed by atoms with Crippen molar-refractivity contribution in [2.75, 3.05) is 6.54 Å². The van der Waals surface area contributed by atoms with Crippen LogP contribution in [0.4, 0.5) is 0 Å². The predicted octanol–water partition coefficient (Wildman–Crippen LogP) is 3.32. The van der Waals surface area contributed by atoms with E-state index in [1.807, 2.05) is 31.2 Å². The topological polar surface area (TPSA) is 49.4 Å². The summed E-state index contributed by atoms with van der Waals surface area (Å²) >= 11 is 5.91. The van der Waals surface area contributed by atoms with Crippen molar-refractivity contribution >= 4 is 23.4 Å². The molecule has 0 aromatic heterocycles. The monoisotopic (exact) mass is 348 g/mol. The number of nitrogens with zero attached hydrogens (tertiary/aromatic N) is 1. The molecule has 0 bridgehead atoms. The van der Waals surface area contributed by atoms with Gasteiger partial charge in [0.1, 0.15) is 5.54 Å². The summed E-state index contributed by atoms with van der Waals surface area (Å²) in [7, 11) is 0. The standard InChI is InChI=1S/C19H25ClN2O2/c1-19(18(24)21-16-4-2-3-5-16)12-10-17(23)22(19)13-11-14-6-8-15(20)9-7-14/h6-9,16H,2-5,10-13H2,1H3,(H,21,24). The van der Waals surface area contributed by atoms with Crippen LogP contribution in [0.25, 0.3) is 0 Å². The fourth-order valence-corrected chi connectivity index (χ4v) is 3.93. The van der Waals surface area contributed by atoms with Gasteiger partial charge in [0.2, 0.25) is 11.8 Å². The molecular weight excluding hydrogens is 324 g/mol. The number of amides is 2. The van der Waals surface area contributed by atoms with Gasteiger partial charge in [-0.3, -0.25) is 9.59 Å². The number of likely N-dealkylation sites (tertiary alicyclic amines) is 1. The Morgan fingerprint density at radius 3 is 2.62 bits per heavy atom. The lowest BCUT2D eigenvalue weighted by Crippen LogP contribution is -2.56. The van der Waals surface area contributed by atoms with Gasteiger partial charge in [-0.25, -0.2) is 0 Å². The van der Waals surface area contributed by atoms with E-state index in [1.165, 1.54) is 12.8 Å². The van der Waals surface area contributed by atoms with E-state index >= 15 is 0 Å². The van der Waals surface area contributed by atoms with E-state index in [0.717, 1.165) is 24.8 Å². The molecule has 2 aliphatic rings. The highest BCUT2D eigenvalue weighted by atomic mass is 35.5. The zero-order valence-electron chi connectivity index (χ0n) is 14.2. The molecule has 5 heteroatoms. The average Bonchev–Trinajstić information content (AvgIpc) is 3.17. The third-order valence-corrected chi connectivity index (χ3v) is 5.69. The molecule has 1 aromatic carbocycles. The maximum atomic E-state index is 12.8. The summed E-state index contributed by atoms with van der Waals surface area (Å²) in [6.07, 6.45) is 6.26. The molecule has 3 rings (SSSR count). The maximum Gasteiger partial charge on any atom is 0.245 e. The molecule has 1 saturated carbocycles. The first kappa shape index (κ1) is 17.3. The molecule has 130 valence electrons. The lowest BCUT2D eigenvalue weighted by molar-refractivity contribution is -0.140. The number of rotatable bonds is 5. The summed E-state index contributed by atoms with van der Waals surface area (Å²) in [5.41, 5.74) is 0.407. The normalized spacial score (nSPS) is 24.6. The molecule has 1 aliphatic carbocycles. The van der Waals surface area contributed by atoms with Gasteiger partial charge in [0.25, 0.3) is 0 Å². The van der Waals surface area contributed by atoms with Crippen molar-refractivity contribution in [2.45, 2.75) is 63.5 Å². The molecule has 1 aliphatic heterocycles. The smallest absolute Gasteiger partial charge is 0.245 e. The van der Waals surface area contributed by atoms with Gasteiger partial charge in [-0.1, -0.05) is 36.6 Å². The van der Waals surface area contributed by atoms with Gasteiger partial charge >= 0.3 is 0 Å². The molecule has 0 radical (unpaired) electrons. The minimum absolute atomic E-state index is 0.0105. The van der Waals surface area contributed by atoms with Crippen molar-refractivity contribution in [3.05, 3.63) is 34.9 Å². The van der Waals surface area contributed by atoms with E-state index in [9.17, 15) is 9.59 Å². The molecule has 1 aromatic rings. The second-order valence-electron chi connectivity index (χ2n) is 7.15. The van der Waals surface area contributed by atoms with Crippen molar-refractivity contribution in [3.8, 4) is 0 Å². The van der Waals surface area contributed by atoms with Crippen LogP contribution in [0, 0.1) is 0 Å². The van der Waals surface area contributed by atoms with Crippen LogP contribution < -0.4 is 5.32 Å². The lowest BCUT2D eigenvalue weighted by atomic mass is 9.96. The van der Waals surface area contributed by atoms with Crippen molar-refractivity contribution in [3.63, 3.8) is 0 Å². The second kappa shape index (κ2) is 7.14. The molecular formula is C19H25ClN2O2. The van der Waals surface area contributed by atoms with Gasteiger partial charge in [0.05, 0.1) is 0 Å². The Morgan fingerprint density at radius 2 is 1.96 bits per heavy atom. The average molecular weight is 349 g/mol. The molecule has 24 heavy (non-hydrogen) atoms. The number of halogens is 1. The van der Waals surface area contributed by atoms with Crippen molar-refractivity contribution < 1.29 is 9.59 Å². The predicted molar refractivity (Wildman–Crippen MR) is 94.9 cm³/mol. The van der Waals surface area contributed by atoms with E-state index in [4.69, 9.17) is 11.6 Å². The van der Waals surface area contributed by atoms with Crippen LogP contribution in [0.2, 0.25) is 5.02 Å². The van der Waals surface area contributed by atoms with Gasteiger partial charge in [0, 0.05) is 24.0 Å². The van der Waals surface area contributed by atoms with Crippen molar-refractivity contribution in [2.24, 2.45) is 0 Å². The SMILES string of the molecule is CC1(C(=O)NC2CCCC2)CCC(=O)N1CCc1ccc(Cl)cc1. The van der Waals surface area contributed by atoms with Gasteiger partial charge in [-0.2, -0.15) is 0 Å². The van der Waals surface area contributed by atoms with Crippen LogP contribution in [-0.2, 0) is 16.0 Å². The number of benzene rings is 1. The molecule has 1 heterocycles. The van der Waals surface area contributed by atoms with E-state index in [1.54, 1.807) is 4.90 Å². The van der Waals surface area contributed by atoms with E-state index in [2.05, 4.69) is 5.32 Å². The second-order valence-corrected chi connectivity index (χ2v) is 7.59. The van der Waals surface area contributed by atoms with E-state index in [-0.39, 0.29) is 17.9 Å². The molecule has 2 amide bonds. The number of carbonyl (C=O) groups is 2. The van der Waals surface area contributed by atoms with Gasteiger partial charge in [-0.05, 0) is 50.3 Å². The minimum Gasteiger partial charge on any atom is -0.351 e. The Hall–Kier alpha value is -1.55. The van der Waals surface area contributed by atoms with Crippen molar-refractivity contribution in [1.29, 1.82) is 0 Å². The third kappa shape index (κ3) is 3.59. The first-order valence-corrected chi connectivity index (χ1v) is 9.23. The summed E-state index contributed by atoms with van der Waals surface area (Å²) in [4.78, 5) is 26.9. The maximum absolute atomic E-state index is 12.8. The fraction of sp³-hybridized carbons (Fsp3) is 0.579. The van der Waals surface area contributed by atoms with Gasteiger partial charge < -0.3 is 10.2 Å². The summed E-state index contributed by atoms with van der Waals surface area (Å²) in [6.45, 7) is 2.47. The van der Waals surface area contributed by atoms with Crippen LogP contribution in [0.15, 0.2) is 24.3 Å². The first-order chi connectivity index (χ1) is 11.5. The molecule has 2 fully saturated rings. The third-order valence-electron chi connectivity index (χ3n) is 5.44. The zero-order valence-corrected chi connectivity index (χ0v) is 14.9. The summed E-state index contributed by atoms with van der Waals surface area (Å²) in [6, 6.07) is 7.93. The zero-order chi connectivity index (χ0) is 17.2. The quantitative estimate of drug-likeness (QED) is 0.887. The van der Waals surface area contributed by atoms with Gasteiger partial charge in [0.15, 0.2) is 0 Å². The Morgan fingerprint density at radius 1 is 1.29 bits per heavy atom. The summed E-state index contributed by atoms with van der Waals surface area (Å²) in [5.74, 6) is 0.0874. The first-order valence-electron chi connectivity index (χ1n) is 8.85. The van der Waals surface area contributed by atoms with Gasteiger partial charge in [-0.15, -0.1) is 0 Å². The number of hydrogen-bond acceptors (Lipinski definition) is 2. The highest BCUT2D eigenvalue weighted by molar-refractivity contribution is 6.30. The molecule has 1 unspecified atom stereocenters. The van der Waals surface area contributed by atoms with Crippen LogP contribution in [0.5, 0.6) is 0 Å². The van der Waals surface area contributed by atoms with Crippen LogP contribution in [0.3, 0.4) is 0 Å². The Labute approximate surface area is 148 Å².